The molecule has 0 saturated carbocycles. The van der Waals surface area contributed by atoms with E-state index in [0.717, 1.165) is 0 Å². The van der Waals surface area contributed by atoms with Gasteiger partial charge in [-0.1, -0.05) is 133 Å². The summed E-state index contributed by atoms with van der Waals surface area (Å²) in [6.07, 6.45) is 0. The van der Waals surface area contributed by atoms with E-state index in [2.05, 4.69) is 158 Å². The maximum Gasteiger partial charge on any atom is -0.00264 e. The quantitative estimate of drug-likeness (QED) is 0.208. The van der Waals surface area contributed by atoms with Crippen LogP contribution in [0.3, 0.4) is 0 Å². The van der Waals surface area contributed by atoms with Crippen LogP contribution in [-0.4, -0.2) is 0 Å². The number of hydrogen-bond donors (Lipinski definition) is 0. The van der Waals surface area contributed by atoms with Gasteiger partial charge in [0.05, 0.1) is 0 Å². The zero-order chi connectivity index (χ0) is 26.5. The second-order valence-corrected chi connectivity index (χ2v) is 10.6. The lowest BCUT2D eigenvalue weighted by Gasteiger charge is -2.15. The van der Waals surface area contributed by atoms with Gasteiger partial charge >= 0.3 is 0 Å². The lowest BCUT2D eigenvalue weighted by atomic mass is 9.89. The van der Waals surface area contributed by atoms with Crippen molar-refractivity contribution in [3.8, 4) is 44.5 Å². The Labute approximate surface area is 234 Å². The van der Waals surface area contributed by atoms with E-state index in [0.29, 0.717) is 0 Å². The topological polar surface area (TPSA) is 0 Å². The molecule has 0 fully saturated rings. The third-order valence-corrected chi connectivity index (χ3v) is 8.18. The van der Waals surface area contributed by atoms with Gasteiger partial charge in [0.1, 0.15) is 0 Å². The van der Waals surface area contributed by atoms with Crippen LogP contribution in [0.4, 0.5) is 0 Å². The molecule has 0 atom stereocenters. The molecule has 0 saturated heterocycles. The second-order valence-electron chi connectivity index (χ2n) is 10.6. The highest BCUT2D eigenvalue weighted by Gasteiger charge is 2.12. The molecule has 8 aromatic rings. The van der Waals surface area contributed by atoms with Crippen LogP contribution >= 0.6 is 0 Å². The minimum Gasteiger partial charge on any atom is -0.0622 e. The van der Waals surface area contributed by atoms with E-state index in [1.165, 1.54) is 76.8 Å². The van der Waals surface area contributed by atoms with Crippen molar-refractivity contribution >= 4 is 32.3 Å². The Morgan fingerprint density at radius 2 is 0.450 bits per heavy atom. The fourth-order valence-corrected chi connectivity index (χ4v) is 6.14. The highest BCUT2D eigenvalue weighted by Crippen LogP contribution is 2.40. The molecule has 0 aliphatic rings. The summed E-state index contributed by atoms with van der Waals surface area (Å²) >= 11 is 0. The van der Waals surface area contributed by atoms with E-state index in [1.807, 2.05) is 0 Å². The lowest BCUT2D eigenvalue weighted by molar-refractivity contribution is 1.60. The molecule has 0 nitrogen and oxygen atoms in total. The van der Waals surface area contributed by atoms with Crippen LogP contribution < -0.4 is 0 Å². The summed E-state index contributed by atoms with van der Waals surface area (Å²) in [6, 6.07) is 57.5. The van der Waals surface area contributed by atoms with Crippen molar-refractivity contribution in [1.29, 1.82) is 0 Å². The number of benzene rings is 8. The third-order valence-electron chi connectivity index (χ3n) is 8.18. The summed E-state index contributed by atoms with van der Waals surface area (Å²) in [5.74, 6) is 0. The molecule has 0 aromatic heterocycles. The average Bonchev–Trinajstić information content (AvgIpc) is 3.04. The molecule has 0 bridgehead atoms. The van der Waals surface area contributed by atoms with Crippen molar-refractivity contribution in [3.63, 3.8) is 0 Å². The second kappa shape index (κ2) is 9.22. The maximum atomic E-state index is 2.34. The SMILES string of the molecule is c1ccc(-c2ccc(-c3cc4ccc5cc(-c6ccc(-c7ccccc7)cc6)cc6ccc(c3)c4c56)cc2)cc1. The molecular formula is C40H26. The molecule has 0 aliphatic carbocycles. The first-order chi connectivity index (χ1) is 19.8. The Hall–Kier alpha value is -5.20. The molecule has 40 heavy (non-hydrogen) atoms. The normalized spacial score (nSPS) is 11.5. The molecule has 186 valence electrons. The molecule has 0 spiro atoms. The van der Waals surface area contributed by atoms with Crippen LogP contribution in [0.15, 0.2) is 158 Å². The summed E-state index contributed by atoms with van der Waals surface area (Å²) in [6.45, 7) is 0. The van der Waals surface area contributed by atoms with Gasteiger partial charge in [-0.2, -0.15) is 0 Å². The number of rotatable bonds is 4. The molecule has 0 N–H and O–H groups in total. The van der Waals surface area contributed by atoms with Crippen molar-refractivity contribution in [2.45, 2.75) is 0 Å². The zero-order valence-corrected chi connectivity index (χ0v) is 22.0. The summed E-state index contributed by atoms with van der Waals surface area (Å²) in [5.41, 5.74) is 9.97. The van der Waals surface area contributed by atoms with Crippen molar-refractivity contribution in [2.24, 2.45) is 0 Å². The molecule has 0 unspecified atom stereocenters. The van der Waals surface area contributed by atoms with Gasteiger partial charge in [0, 0.05) is 0 Å². The first kappa shape index (κ1) is 22.8. The van der Waals surface area contributed by atoms with Crippen molar-refractivity contribution in [3.05, 3.63) is 158 Å². The van der Waals surface area contributed by atoms with Gasteiger partial charge in [0.2, 0.25) is 0 Å². The summed E-state index contributed by atoms with van der Waals surface area (Å²) in [7, 11) is 0. The van der Waals surface area contributed by atoms with E-state index in [1.54, 1.807) is 0 Å². The highest BCUT2D eigenvalue weighted by atomic mass is 14.2. The van der Waals surface area contributed by atoms with Crippen LogP contribution in [0.1, 0.15) is 0 Å². The van der Waals surface area contributed by atoms with E-state index in [-0.39, 0.29) is 0 Å². The number of hydrogen-bond acceptors (Lipinski definition) is 0. The van der Waals surface area contributed by atoms with Crippen LogP contribution in [0.2, 0.25) is 0 Å². The summed E-state index contributed by atoms with van der Waals surface area (Å²) in [4.78, 5) is 0. The minimum absolute atomic E-state index is 1.24. The molecular weight excluding hydrogens is 480 g/mol. The van der Waals surface area contributed by atoms with E-state index >= 15 is 0 Å². The lowest BCUT2D eigenvalue weighted by Crippen LogP contribution is -1.88. The molecule has 8 aromatic carbocycles. The monoisotopic (exact) mass is 506 g/mol. The Kier molecular flexibility index (Phi) is 5.24. The van der Waals surface area contributed by atoms with Gasteiger partial charge < -0.3 is 0 Å². The maximum absolute atomic E-state index is 2.34. The average molecular weight is 507 g/mol. The van der Waals surface area contributed by atoms with Gasteiger partial charge in [-0.15, -0.1) is 0 Å². The Bertz CT molecular complexity index is 1880. The summed E-state index contributed by atoms with van der Waals surface area (Å²) < 4.78 is 0. The van der Waals surface area contributed by atoms with Gasteiger partial charge in [0.25, 0.3) is 0 Å². The standard InChI is InChI=1S/C40H26/c1-3-7-27(8-4-1)29-11-15-31(16-12-29)37-23-33-19-21-35-25-38(26-36-22-20-34(24-37)39(33)40(35)36)32-17-13-30(14-18-32)28-9-5-2-6-10-28/h1-26H. The van der Waals surface area contributed by atoms with Crippen LogP contribution in [0.5, 0.6) is 0 Å². The Morgan fingerprint density at radius 3 is 0.750 bits per heavy atom. The van der Waals surface area contributed by atoms with Gasteiger partial charge in [-0.3, -0.25) is 0 Å². The van der Waals surface area contributed by atoms with Gasteiger partial charge in [0.15, 0.2) is 0 Å². The fourth-order valence-electron chi connectivity index (χ4n) is 6.14. The van der Waals surface area contributed by atoms with Gasteiger partial charge in [-0.05, 0) is 101 Å². The van der Waals surface area contributed by atoms with Crippen molar-refractivity contribution < 1.29 is 0 Å². The van der Waals surface area contributed by atoms with Crippen molar-refractivity contribution in [2.75, 3.05) is 0 Å². The molecule has 0 heteroatoms. The van der Waals surface area contributed by atoms with Gasteiger partial charge in [-0.25, -0.2) is 0 Å². The zero-order valence-electron chi connectivity index (χ0n) is 22.0. The van der Waals surface area contributed by atoms with Crippen LogP contribution in [0.25, 0.3) is 76.8 Å². The minimum atomic E-state index is 1.24. The van der Waals surface area contributed by atoms with Crippen LogP contribution in [-0.2, 0) is 0 Å². The third kappa shape index (κ3) is 3.85. The molecule has 0 radical (unpaired) electrons. The van der Waals surface area contributed by atoms with Crippen molar-refractivity contribution in [1.82, 2.24) is 0 Å². The predicted octanol–water partition coefficient (Wildman–Crippen LogP) is 11.3. The molecule has 0 aliphatic heterocycles. The van der Waals surface area contributed by atoms with E-state index in [9.17, 15) is 0 Å². The summed E-state index contributed by atoms with van der Waals surface area (Å²) in [5, 5.41) is 7.86. The first-order valence-electron chi connectivity index (χ1n) is 13.8. The highest BCUT2D eigenvalue weighted by molar-refractivity contribution is 6.24. The molecule has 0 amide bonds. The molecule has 8 rings (SSSR count). The molecule has 0 heterocycles. The van der Waals surface area contributed by atoms with E-state index < -0.39 is 0 Å². The first-order valence-corrected chi connectivity index (χ1v) is 13.8. The Morgan fingerprint density at radius 1 is 0.200 bits per heavy atom. The smallest absolute Gasteiger partial charge is 0.00264 e. The fraction of sp³-hybridized carbons (Fsp3) is 0. The largest absolute Gasteiger partial charge is 0.0622 e. The van der Waals surface area contributed by atoms with E-state index in [4.69, 9.17) is 0 Å². The van der Waals surface area contributed by atoms with Crippen LogP contribution in [0, 0.1) is 0 Å². The predicted molar refractivity (Wildman–Crippen MR) is 172 cm³/mol. The Balaban J connectivity index is 1.19.